The lowest BCUT2D eigenvalue weighted by molar-refractivity contribution is -0.137. The number of benzene rings is 3. The summed E-state index contributed by atoms with van der Waals surface area (Å²) in [6.45, 7) is 2.66. The van der Waals surface area contributed by atoms with Gasteiger partial charge in [-0.25, -0.2) is 0 Å². The second kappa shape index (κ2) is 10.3. The smallest absolute Gasteiger partial charge is 0.323 e. The maximum absolute atomic E-state index is 13.6. The molecular formula is C29H25N3O3S. The number of hydrogen-bond acceptors (Lipinski definition) is 4. The molecule has 0 saturated carbocycles. The molecule has 1 N–H and O–H groups in total. The molecule has 0 atom stereocenters. The van der Waals surface area contributed by atoms with E-state index in [0.717, 1.165) is 33.3 Å². The topological polar surface area (TPSA) is 74.9 Å². The maximum Gasteiger partial charge on any atom is 0.323 e. The molecule has 1 aliphatic rings. The summed E-state index contributed by atoms with van der Waals surface area (Å²) in [6, 6.07) is 27.5. The van der Waals surface area contributed by atoms with Crippen molar-refractivity contribution in [2.24, 2.45) is 4.99 Å². The molecular weight excluding hydrogens is 470 g/mol. The Hall–Kier alpha value is -4.10. The molecule has 1 aromatic heterocycles. The van der Waals surface area contributed by atoms with Crippen LogP contribution in [-0.4, -0.2) is 31.6 Å². The molecule has 3 aromatic carbocycles. The summed E-state index contributed by atoms with van der Waals surface area (Å²) in [5.41, 5.74) is 4.59. The monoisotopic (exact) mass is 495 g/mol. The number of nitrogens with zero attached hydrogens (tertiary/aromatic N) is 3. The predicted molar refractivity (Wildman–Crippen MR) is 144 cm³/mol. The van der Waals surface area contributed by atoms with Crippen LogP contribution in [-0.2, 0) is 29.2 Å². The van der Waals surface area contributed by atoms with Crippen LogP contribution >= 0.6 is 11.8 Å². The number of fused-ring (bicyclic) bond motifs is 1. The number of aromatic nitrogens is 1. The van der Waals surface area contributed by atoms with Gasteiger partial charge in [0.2, 0.25) is 0 Å². The molecule has 1 aliphatic heterocycles. The van der Waals surface area contributed by atoms with Gasteiger partial charge in [-0.05, 0) is 42.0 Å². The van der Waals surface area contributed by atoms with Gasteiger partial charge in [0, 0.05) is 22.2 Å². The Labute approximate surface area is 213 Å². The highest BCUT2D eigenvalue weighted by Crippen LogP contribution is 2.36. The van der Waals surface area contributed by atoms with E-state index in [2.05, 4.69) is 0 Å². The Kier molecular flexibility index (Phi) is 6.73. The van der Waals surface area contributed by atoms with Gasteiger partial charge in [-0.2, -0.15) is 0 Å². The van der Waals surface area contributed by atoms with E-state index in [1.165, 1.54) is 11.8 Å². The number of amides is 1. The normalized spacial score (nSPS) is 15.9. The number of amidine groups is 1. The molecule has 1 amide bonds. The average Bonchev–Trinajstić information content (AvgIpc) is 3.32. The summed E-state index contributed by atoms with van der Waals surface area (Å²) < 4.78 is 1.78. The van der Waals surface area contributed by atoms with Gasteiger partial charge in [0.25, 0.3) is 5.91 Å². The largest absolute Gasteiger partial charge is 0.480 e. The van der Waals surface area contributed by atoms with Crippen LogP contribution in [0, 0.1) is 6.92 Å². The third-order valence-electron chi connectivity index (χ3n) is 6.16. The summed E-state index contributed by atoms with van der Waals surface area (Å²) in [4.78, 5) is 32.2. The van der Waals surface area contributed by atoms with Gasteiger partial charge < -0.3 is 9.67 Å². The lowest BCUT2D eigenvalue weighted by atomic mass is 10.1. The molecule has 180 valence electrons. The van der Waals surface area contributed by atoms with Crippen LogP contribution in [0.1, 0.15) is 22.4 Å². The highest BCUT2D eigenvalue weighted by Gasteiger charge is 2.33. The highest BCUT2D eigenvalue weighted by molar-refractivity contribution is 8.18. The van der Waals surface area contributed by atoms with E-state index in [9.17, 15) is 14.7 Å². The number of carboxylic acid groups (broad SMARTS) is 1. The first-order valence-electron chi connectivity index (χ1n) is 11.6. The average molecular weight is 496 g/mol. The van der Waals surface area contributed by atoms with Gasteiger partial charge in [0.05, 0.1) is 18.0 Å². The minimum Gasteiger partial charge on any atom is -0.480 e. The minimum absolute atomic E-state index is 0.106. The van der Waals surface area contributed by atoms with Crippen molar-refractivity contribution in [3.8, 4) is 0 Å². The van der Waals surface area contributed by atoms with Crippen LogP contribution in [0.4, 0.5) is 0 Å². The zero-order valence-electron chi connectivity index (χ0n) is 19.8. The summed E-state index contributed by atoms with van der Waals surface area (Å²) in [6.07, 6.45) is 1.88. The molecule has 0 unspecified atom stereocenters. The van der Waals surface area contributed by atoms with Gasteiger partial charge >= 0.3 is 5.97 Å². The van der Waals surface area contributed by atoms with E-state index in [4.69, 9.17) is 4.99 Å². The molecule has 2 heterocycles. The molecule has 4 aromatic rings. The zero-order chi connectivity index (χ0) is 25.1. The van der Waals surface area contributed by atoms with Crippen molar-refractivity contribution in [3.63, 3.8) is 0 Å². The quantitative estimate of drug-likeness (QED) is 0.334. The van der Waals surface area contributed by atoms with E-state index in [1.807, 2.05) is 97.9 Å². The standard InChI is InChI=1S/C29H25N3O3S/c1-20-24(23-14-8-9-15-25(23)31(20)19-27(33)34)16-26-28(35)32(18-22-12-6-3-7-13-22)29(36-26)30-17-21-10-4-2-5-11-21/h2-16H,17-19H2,1H3,(H,33,34)/b26-16-,30-29?. The number of para-hydroxylation sites is 1. The first-order chi connectivity index (χ1) is 17.5. The lowest BCUT2D eigenvalue weighted by Gasteiger charge is -2.15. The van der Waals surface area contributed by atoms with E-state index < -0.39 is 5.97 Å². The van der Waals surface area contributed by atoms with Crippen LogP contribution in [0.2, 0.25) is 0 Å². The number of carboxylic acids is 1. The van der Waals surface area contributed by atoms with Crippen molar-refractivity contribution >= 4 is 45.8 Å². The molecule has 0 spiro atoms. The van der Waals surface area contributed by atoms with E-state index >= 15 is 0 Å². The number of aliphatic carboxylic acids is 1. The summed E-state index contributed by atoms with van der Waals surface area (Å²) >= 11 is 1.36. The summed E-state index contributed by atoms with van der Waals surface area (Å²) in [5, 5.41) is 11.0. The third kappa shape index (κ3) is 4.83. The van der Waals surface area contributed by atoms with Crippen molar-refractivity contribution in [1.82, 2.24) is 9.47 Å². The van der Waals surface area contributed by atoms with Crippen molar-refractivity contribution < 1.29 is 14.7 Å². The lowest BCUT2D eigenvalue weighted by Crippen LogP contribution is -2.28. The number of aliphatic imine (C=N–C) groups is 1. The van der Waals surface area contributed by atoms with Crippen molar-refractivity contribution in [1.29, 1.82) is 0 Å². The molecule has 1 saturated heterocycles. The first kappa shape index (κ1) is 23.6. The Balaban J connectivity index is 1.54. The van der Waals surface area contributed by atoms with E-state index in [1.54, 1.807) is 9.47 Å². The van der Waals surface area contributed by atoms with Crippen molar-refractivity contribution in [3.05, 3.63) is 112 Å². The number of rotatable bonds is 7. The first-order valence-corrected chi connectivity index (χ1v) is 12.5. The SMILES string of the molecule is Cc1c(/C=C2\SC(=NCc3ccccc3)N(Cc3ccccc3)C2=O)c2ccccc2n1CC(=O)O. The predicted octanol–water partition coefficient (Wildman–Crippen LogP) is 5.71. The fourth-order valence-corrected chi connectivity index (χ4v) is 5.34. The molecule has 0 bridgehead atoms. The second-order valence-corrected chi connectivity index (χ2v) is 9.58. The maximum atomic E-state index is 13.6. The Morgan fingerprint density at radius 1 is 0.944 bits per heavy atom. The van der Waals surface area contributed by atoms with E-state index in [-0.39, 0.29) is 12.5 Å². The molecule has 1 fully saturated rings. The van der Waals surface area contributed by atoms with Crippen molar-refractivity contribution in [2.45, 2.75) is 26.6 Å². The van der Waals surface area contributed by atoms with Crippen LogP contribution in [0.15, 0.2) is 94.8 Å². The van der Waals surface area contributed by atoms with Crippen LogP contribution in [0.5, 0.6) is 0 Å². The number of carbonyl (C=O) groups excluding carboxylic acids is 1. The van der Waals surface area contributed by atoms with Gasteiger partial charge in [-0.15, -0.1) is 0 Å². The molecule has 36 heavy (non-hydrogen) atoms. The molecule has 0 radical (unpaired) electrons. The molecule has 7 heteroatoms. The van der Waals surface area contributed by atoms with Crippen molar-refractivity contribution in [2.75, 3.05) is 0 Å². The number of carbonyl (C=O) groups is 2. The van der Waals surface area contributed by atoms with Crippen LogP contribution in [0.3, 0.4) is 0 Å². The van der Waals surface area contributed by atoms with Crippen LogP contribution < -0.4 is 0 Å². The highest BCUT2D eigenvalue weighted by atomic mass is 32.2. The molecule has 0 aliphatic carbocycles. The Morgan fingerprint density at radius 3 is 2.28 bits per heavy atom. The van der Waals surface area contributed by atoms with Gasteiger partial charge in [0.15, 0.2) is 5.17 Å². The third-order valence-corrected chi connectivity index (χ3v) is 7.20. The van der Waals surface area contributed by atoms with Crippen LogP contribution in [0.25, 0.3) is 17.0 Å². The number of hydrogen-bond donors (Lipinski definition) is 1. The van der Waals surface area contributed by atoms with E-state index in [0.29, 0.717) is 23.2 Å². The Morgan fingerprint density at radius 2 is 1.58 bits per heavy atom. The van der Waals surface area contributed by atoms with Gasteiger partial charge in [0.1, 0.15) is 6.54 Å². The van der Waals surface area contributed by atoms with Gasteiger partial charge in [-0.1, -0.05) is 78.9 Å². The zero-order valence-corrected chi connectivity index (χ0v) is 20.6. The second-order valence-electron chi connectivity index (χ2n) is 8.57. The summed E-state index contributed by atoms with van der Waals surface area (Å²) in [7, 11) is 0. The number of thioether (sulfide) groups is 1. The minimum atomic E-state index is -0.909. The molecule has 6 nitrogen and oxygen atoms in total. The molecule has 5 rings (SSSR count). The van der Waals surface area contributed by atoms with Gasteiger partial charge in [-0.3, -0.25) is 19.5 Å². The fraction of sp³-hybridized carbons (Fsp3) is 0.138. The fourth-order valence-electron chi connectivity index (χ4n) is 4.38. The Bertz CT molecular complexity index is 1490. The summed E-state index contributed by atoms with van der Waals surface area (Å²) in [5.74, 6) is -1.01.